The molecule has 1 heterocycles. The SMILES string of the molecule is COc1ccc(C[NH+]2CCN(C(=O)Cc3ccccc3)CC2)cc1. The molecule has 4 nitrogen and oxygen atoms in total. The lowest BCUT2D eigenvalue weighted by Gasteiger charge is -2.32. The highest BCUT2D eigenvalue weighted by atomic mass is 16.5. The van der Waals surface area contributed by atoms with Crippen LogP contribution >= 0.6 is 0 Å². The molecule has 0 unspecified atom stereocenters. The van der Waals surface area contributed by atoms with Gasteiger partial charge in [-0.25, -0.2) is 0 Å². The lowest BCUT2D eigenvalue weighted by molar-refractivity contribution is -0.917. The Kier molecular flexibility index (Phi) is 5.49. The summed E-state index contributed by atoms with van der Waals surface area (Å²) < 4.78 is 5.20. The van der Waals surface area contributed by atoms with Crippen molar-refractivity contribution in [1.29, 1.82) is 0 Å². The molecule has 1 fully saturated rings. The van der Waals surface area contributed by atoms with Crippen LogP contribution in [0, 0.1) is 0 Å². The van der Waals surface area contributed by atoms with Gasteiger partial charge in [0.15, 0.2) is 0 Å². The number of piperazine rings is 1. The molecule has 3 rings (SSSR count). The van der Waals surface area contributed by atoms with Crippen molar-refractivity contribution in [1.82, 2.24) is 4.90 Å². The van der Waals surface area contributed by atoms with Crippen molar-refractivity contribution in [2.45, 2.75) is 13.0 Å². The van der Waals surface area contributed by atoms with E-state index in [0.717, 1.165) is 44.0 Å². The summed E-state index contributed by atoms with van der Waals surface area (Å²) >= 11 is 0. The maximum Gasteiger partial charge on any atom is 0.227 e. The van der Waals surface area contributed by atoms with E-state index in [9.17, 15) is 4.79 Å². The maximum atomic E-state index is 12.4. The number of methoxy groups -OCH3 is 1. The number of benzene rings is 2. The number of hydrogen-bond donors (Lipinski definition) is 1. The molecule has 2 aromatic carbocycles. The minimum Gasteiger partial charge on any atom is -0.497 e. The van der Waals surface area contributed by atoms with Crippen molar-refractivity contribution >= 4 is 5.91 Å². The van der Waals surface area contributed by atoms with E-state index in [-0.39, 0.29) is 5.91 Å². The summed E-state index contributed by atoms with van der Waals surface area (Å²) in [6.45, 7) is 4.71. The third-order valence-electron chi connectivity index (χ3n) is 4.63. The van der Waals surface area contributed by atoms with Crippen LogP contribution < -0.4 is 9.64 Å². The fourth-order valence-corrected chi connectivity index (χ4v) is 3.16. The van der Waals surface area contributed by atoms with Gasteiger partial charge in [0.2, 0.25) is 5.91 Å². The number of carbonyl (C=O) groups excluding carboxylic acids is 1. The number of carbonyl (C=O) groups is 1. The molecule has 0 radical (unpaired) electrons. The molecular formula is C20H25N2O2+. The van der Waals surface area contributed by atoms with Crippen LogP contribution in [0.2, 0.25) is 0 Å². The van der Waals surface area contributed by atoms with E-state index in [1.54, 1.807) is 7.11 Å². The average molecular weight is 325 g/mol. The van der Waals surface area contributed by atoms with E-state index in [0.29, 0.717) is 6.42 Å². The number of rotatable bonds is 5. The molecule has 1 N–H and O–H groups in total. The molecule has 0 saturated carbocycles. The Morgan fingerprint density at radius 3 is 2.29 bits per heavy atom. The third-order valence-corrected chi connectivity index (χ3v) is 4.63. The van der Waals surface area contributed by atoms with Gasteiger partial charge in [-0.1, -0.05) is 30.3 Å². The molecule has 0 aliphatic carbocycles. The predicted molar refractivity (Wildman–Crippen MR) is 94.1 cm³/mol. The number of ether oxygens (including phenoxy) is 1. The topological polar surface area (TPSA) is 34.0 Å². The molecule has 1 amide bonds. The largest absolute Gasteiger partial charge is 0.497 e. The number of quaternary nitrogens is 1. The van der Waals surface area contributed by atoms with Gasteiger partial charge in [0.1, 0.15) is 12.3 Å². The number of nitrogens with zero attached hydrogens (tertiary/aromatic N) is 1. The lowest BCUT2D eigenvalue weighted by Crippen LogP contribution is -3.13. The predicted octanol–water partition coefficient (Wildman–Crippen LogP) is 1.17. The highest BCUT2D eigenvalue weighted by Gasteiger charge is 2.23. The normalized spacial score (nSPS) is 15.3. The minimum absolute atomic E-state index is 0.240. The molecule has 0 atom stereocenters. The number of nitrogens with one attached hydrogen (secondary N) is 1. The Balaban J connectivity index is 1.47. The van der Waals surface area contributed by atoms with Crippen LogP contribution in [0.25, 0.3) is 0 Å². The van der Waals surface area contributed by atoms with Crippen LogP contribution in [0.1, 0.15) is 11.1 Å². The van der Waals surface area contributed by atoms with Gasteiger partial charge in [0, 0.05) is 5.56 Å². The smallest absolute Gasteiger partial charge is 0.227 e. The van der Waals surface area contributed by atoms with Crippen molar-refractivity contribution in [3.8, 4) is 5.75 Å². The van der Waals surface area contributed by atoms with E-state index >= 15 is 0 Å². The molecule has 0 spiro atoms. The number of amides is 1. The Morgan fingerprint density at radius 1 is 1.00 bits per heavy atom. The monoisotopic (exact) mass is 325 g/mol. The van der Waals surface area contributed by atoms with Gasteiger partial charge in [-0.15, -0.1) is 0 Å². The van der Waals surface area contributed by atoms with Crippen molar-refractivity contribution in [2.24, 2.45) is 0 Å². The minimum atomic E-state index is 0.240. The zero-order valence-corrected chi connectivity index (χ0v) is 14.2. The van der Waals surface area contributed by atoms with Crippen LogP contribution in [0.4, 0.5) is 0 Å². The van der Waals surface area contributed by atoms with Crippen LogP contribution in [-0.4, -0.2) is 44.1 Å². The summed E-state index contributed by atoms with van der Waals surface area (Å²) in [7, 11) is 1.69. The zero-order chi connectivity index (χ0) is 16.8. The van der Waals surface area contributed by atoms with Gasteiger partial charge < -0.3 is 14.5 Å². The molecular weight excluding hydrogens is 300 g/mol. The average Bonchev–Trinajstić information content (AvgIpc) is 2.64. The fraction of sp³-hybridized carbons (Fsp3) is 0.350. The first kappa shape index (κ1) is 16.5. The highest BCUT2D eigenvalue weighted by molar-refractivity contribution is 5.78. The van der Waals surface area contributed by atoms with Gasteiger partial charge in [-0.3, -0.25) is 4.79 Å². The molecule has 24 heavy (non-hydrogen) atoms. The molecule has 0 aromatic heterocycles. The van der Waals surface area contributed by atoms with E-state index in [4.69, 9.17) is 4.74 Å². The van der Waals surface area contributed by atoms with Gasteiger partial charge in [0.05, 0.1) is 39.7 Å². The maximum absolute atomic E-state index is 12.4. The standard InChI is InChI=1S/C20H24N2O2/c1-24-19-9-7-18(8-10-19)16-21-11-13-22(14-12-21)20(23)15-17-5-3-2-4-6-17/h2-10H,11-16H2,1H3/p+1. The first-order chi connectivity index (χ1) is 11.7. The first-order valence-electron chi connectivity index (χ1n) is 8.53. The summed E-state index contributed by atoms with van der Waals surface area (Å²) in [5.41, 5.74) is 2.41. The van der Waals surface area contributed by atoms with Crippen molar-refractivity contribution in [3.05, 3.63) is 65.7 Å². The summed E-state index contributed by atoms with van der Waals surface area (Å²) in [5, 5.41) is 0. The molecule has 1 aliphatic heterocycles. The summed E-state index contributed by atoms with van der Waals surface area (Å²) in [6.07, 6.45) is 0.509. The van der Waals surface area contributed by atoms with Crippen LogP contribution in [0.3, 0.4) is 0 Å². The van der Waals surface area contributed by atoms with Crippen molar-refractivity contribution in [2.75, 3.05) is 33.3 Å². The Labute approximate surface area is 143 Å². The van der Waals surface area contributed by atoms with Crippen LogP contribution in [0.5, 0.6) is 5.75 Å². The lowest BCUT2D eigenvalue weighted by atomic mass is 10.1. The first-order valence-corrected chi connectivity index (χ1v) is 8.53. The molecule has 1 saturated heterocycles. The van der Waals surface area contributed by atoms with E-state index in [1.165, 1.54) is 10.5 Å². The molecule has 1 aliphatic rings. The fourth-order valence-electron chi connectivity index (χ4n) is 3.16. The second kappa shape index (κ2) is 7.97. The quantitative estimate of drug-likeness (QED) is 0.895. The van der Waals surface area contributed by atoms with Gasteiger partial charge >= 0.3 is 0 Å². The second-order valence-electron chi connectivity index (χ2n) is 6.32. The van der Waals surface area contributed by atoms with Crippen molar-refractivity contribution in [3.63, 3.8) is 0 Å². The molecule has 2 aromatic rings. The van der Waals surface area contributed by atoms with Gasteiger partial charge in [0.25, 0.3) is 0 Å². The highest BCUT2D eigenvalue weighted by Crippen LogP contribution is 2.10. The molecule has 126 valence electrons. The van der Waals surface area contributed by atoms with Gasteiger partial charge in [-0.05, 0) is 29.8 Å². The zero-order valence-electron chi connectivity index (χ0n) is 14.2. The third kappa shape index (κ3) is 4.36. The van der Waals surface area contributed by atoms with Crippen molar-refractivity contribution < 1.29 is 14.4 Å². The van der Waals surface area contributed by atoms with Crippen LogP contribution in [-0.2, 0) is 17.8 Å². The Morgan fingerprint density at radius 2 is 1.67 bits per heavy atom. The summed E-state index contributed by atoms with van der Waals surface area (Å²) in [6, 6.07) is 18.3. The molecule has 4 heteroatoms. The van der Waals surface area contributed by atoms with Crippen LogP contribution in [0.15, 0.2) is 54.6 Å². The summed E-state index contributed by atoms with van der Waals surface area (Å²) in [5.74, 6) is 1.13. The Bertz CT molecular complexity index is 647. The van der Waals surface area contributed by atoms with E-state index < -0.39 is 0 Å². The summed E-state index contributed by atoms with van der Waals surface area (Å²) in [4.78, 5) is 15.9. The van der Waals surface area contributed by atoms with E-state index in [2.05, 4.69) is 12.1 Å². The Hall–Kier alpha value is -2.33. The van der Waals surface area contributed by atoms with E-state index in [1.807, 2.05) is 47.4 Å². The number of hydrogen-bond acceptors (Lipinski definition) is 2. The second-order valence-corrected chi connectivity index (χ2v) is 6.32. The molecule has 0 bridgehead atoms. The van der Waals surface area contributed by atoms with Gasteiger partial charge in [-0.2, -0.15) is 0 Å².